The summed E-state index contributed by atoms with van der Waals surface area (Å²) < 4.78 is 0. The molecule has 1 aromatic carbocycles. The molecular formula is C27H33N5OS. The molecular weight excluding hydrogens is 442 g/mol. The third-order valence-corrected chi connectivity index (χ3v) is 7.97. The number of anilines is 1. The van der Waals surface area contributed by atoms with Crippen molar-refractivity contribution < 1.29 is 4.79 Å². The highest BCUT2D eigenvalue weighted by molar-refractivity contribution is 7.13. The Kier molecular flexibility index (Phi) is 7.21. The van der Waals surface area contributed by atoms with Gasteiger partial charge in [0.2, 0.25) is 5.91 Å². The molecule has 1 N–H and O–H groups in total. The Morgan fingerprint density at radius 1 is 1.03 bits per heavy atom. The number of thiophene rings is 1. The van der Waals surface area contributed by atoms with Crippen LogP contribution in [0.2, 0.25) is 0 Å². The van der Waals surface area contributed by atoms with E-state index in [1.165, 1.54) is 11.1 Å². The van der Waals surface area contributed by atoms with E-state index in [0.29, 0.717) is 5.92 Å². The van der Waals surface area contributed by atoms with Gasteiger partial charge in [0.1, 0.15) is 5.69 Å². The zero-order valence-corrected chi connectivity index (χ0v) is 20.6. The van der Waals surface area contributed by atoms with Crippen molar-refractivity contribution in [1.82, 2.24) is 20.4 Å². The van der Waals surface area contributed by atoms with Gasteiger partial charge in [0.25, 0.3) is 0 Å². The van der Waals surface area contributed by atoms with E-state index in [-0.39, 0.29) is 11.8 Å². The lowest BCUT2D eigenvalue weighted by Crippen LogP contribution is -2.42. The first-order chi connectivity index (χ1) is 16.6. The van der Waals surface area contributed by atoms with E-state index in [9.17, 15) is 4.79 Å². The van der Waals surface area contributed by atoms with Crippen LogP contribution in [0, 0.1) is 18.8 Å². The number of carbonyl (C=O) groups excluding carboxylic acids is 1. The maximum absolute atomic E-state index is 12.8. The first kappa shape index (κ1) is 23.0. The van der Waals surface area contributed by atoms with Gasteiger partial charge in [-0.3, -0.25) is 9.69 Å². The van der Waals surface area contributed by atoms with Crippen molar-refractivity contribution >= 4 is 23.1 Å². The van der Waals surface area contributed by atoms with Gasteiger partial charge < -0.3 is 10.2 Å². The Bertz CT molecular complexity index is 1060. The Morgan fingerprint density at radius 2 is 1.85 bits per heavy atom. The molecule has 1 amide bonds. The molecule has 0 spiro atoms. The second kappa shape index (κ2) is 10.7. The summed E-state index contributed by atoms with van der Waals surface area (Å²) in [5.41, 5.74) is 3.59. The number of nitrogens with zero attached hydrogens (tertiary/aromatic N) is 4. The summed E-state index contributed by atoms with van der Waals surface area (Å²) in [7, 11) is 0. The number of carbonyl (C=O) groups is 1. The van der Waals surface area contributed by atoms with Gasteiger partial charge in [-0.2, -0.15) is 0 Å². The standard InChI is InChI=1S/C27H33N5OS/c1-20-4-6-21(7-5-20)18-31-13-10-22(19-31)17-28-27(33)23-11-14-32(15-12-23)26-9-8-24(29-30-26)25-3-2-16-34-25/h2-9,16,22-23H,10-15,17-19H2,1H3,(H,28,33)/t22-/m0/s1. The number of hydrogen-bond donors (Lipinski definition) is 1. The second-order valence-electron chi connectivity index (χ2n) is 9.64. The predicted molar refractivity (Wildman–Crippen MR) is 138 cm³/mol. The lowest BCUT2D eigenvalue weighted by Gasteiger charge is -2.32. The number of aromatic nitrogens is 2. The first-order valence-corrected chi connectivity index (χ1v) is 13.2. The lowest BCUT2D eigenvalue weighted by molar-refractivity contribution is -0.125. The number of benzene rings is 1. The van der Waals surface area contributed by atoms with Gasteiger partial charge >= 0.3 is 0 Å². The Morgan fingerprint density at radius 3 is 2.56 bits per heavy atom. The summed E-state index contributed by atoms with van der Waals surface area (Å²) in [6.07, 6.45) is 2.89. The number of rotatable bonds is 7. The minimum absolute atomic E-state index is 0.0969. The highest BCUT2D eigenvalue weighted by Gasteiger charge is 2.28. The van der Waals surface area contributed by atoms with Gasteiger partial charge in [-0.05, 0) is 67.8 Å². The summed E-state index contributed by atoms with van der Waals surface area (Å²) in [6.45, 7) is 7.78. The van der Waals surface area contributed by atoms with Crippen molar-refractivity contribution in [3.8, 4) is 10.6 Å². The van der Waals surface area contributed by atoms with Crippen LogP contribution in [0.5, 0.6) is 0 Å². The van der Waals surface area contributed by atoms with Crippen molar-refractivity contribution in [1.29, 1.82) is 0 Å². The van der Waals surface area contributed by atoms with Crippen molar-refractivity contribution in [2.45, 2.75) is 32.7 Å². The number of aryl methyl sites for hydroxylation is 1. The lowest BCUT2D eigenvalue weighted by atomic mass is 9.95. The van der Waals surface area contributed by atoms with E-state index < -0.39 is 0 Å². The van der Waals surface area contributed by atoms with Crippen LogP contribution >= 0.6 is 11.3 Å². The topological polar surface area (TPSA) is 61.4 Å². The Hall–Kier alpha value is -2.77. The van der Waals surface area contributed by atoms with Gasteiger partial charge in [-0.15, -0.1) is 21.5 Å². The monoisotopic (exact) mass is 475 g/mol. The minimum atomic E-state index is 0.0969. The summed E-state index contributed by atoms with van der Waals surface area (Å²) in [6, 6.07) is 17.0. The molecule has 2 saturated heterocycles. The SMILES string of the molecule is Cc1ccc(CN2CC[C@@H](CNC(=O)C3CCN(c4ccc(-c5cccs5)nn4)CC3)C2)cc1. The zero-order valence-electron chi connectivity index (χ0n) is 19.8. The molecule has 5 rings (SSSR count). The minimum Gasteiger partial charge on any atom is -0.356 e. The highest BCUT2D eigenvalue weighted by atomic mass is 32.1. The van der Waals surface area contributed by atoms with E-state index in [4.69, 9.17) is 0 Å². The van der Waals surface area contributed by atoms with Crippen LogP contribution in [0.15, 0.2) is 53.9 Å². The van der Waals surface area contributed by atoms with E-state index in [1.54, 1.807) is 11.3 Å². The van der Waals surface area contributed by atoms with Crippen LogP contribution in [0.1, 0.15) is 30.4 Å². The van der Waals surface area contributed by atoms with Crippen molar-refractivity contribution in [2.75, 3.05) is 37.6 Å². The molecule has 2 aromatic heterocycles. The molecule has 6 nitrogen and oxygen atoms in total. The third-order valence-electron chi connectivity index (χ3n) is 7.08. The fraction of sp³-hybridized carbons (Fsp3) is 0.444. The number of amides is 1. The largest absolute Gasteiger partial charge is 0.356 e. The average Bonchev–Trinajstić information content (AvgIpc) is 3.57. The molecule has 0 bridgehead atoms. The smallest absolute Gasteiger partial charge is 0.223 e. The highest BCUT2D eigenvalue weighted by Crippen LogP contribution is 2.26. The summed E-state index contributed by atoms with van der Waals surface area (Å²) in [5.74, 6) is 1.76. The summed E-state index contributed by atoms with van der Waals surface area (Å²) >= 11 is 1.67. The maximum atomic E-state index is 12.8. The predicted octanol–water partition coefficient (Wildman–Crippen LogP) is 4.37. The molecule has 0 unspecified atom stereocenters. The van der Waals surface area contributed by atoms with E-state index >= 15 is 0 Å². The summed E-state index contributed by atoms with van der Waals surface area (Å²) in [5, 5.41) is 14.1. The van der Waals surface area contributed by atoms with Gasteiger partial charge in [0.05, 0.1) is 4.88 Å². The van der Waals surface area contributed by atoms with E-state index in [1.807, 2.05) is 18.2 Å². The maximum Gasteiger partial charge on any atom is 0.223 e. The van der Waals surface area contributed by atoms with Crippen LogP contribution in [-0.4, -0.2) is 53.7 Å². The van der Waals surface area contributed by atoms with E-state index in [2.05, 4.69) is 67.9 Å². The fourth-order valence-corrected chi connectivity index (χ4v) is 5.67. The van der Waals surface area contributed by atoms with Crippen LogP contribution in [0.3, 0.4) is 0 Å². The molecule has 7 heteroatoms. The molecule has 34 heavy (non-hydrogen) atoms. The number of nitrogens with one attached hydrogen (secondary N) is 1. The van der Waals surface area contributed by atoms with Gasteiger partial charge in [0.15, 0.2) is 5.82 Å². The zero-order chi connectivity index (χ0) is 23.3. The molecule has 0 saturated carbocycles. The number of piperidine rings is 1. The molecule has 2 aliphatic rings. The van der Waals surface area contributed by atoms with Crippen molar-refractivity contribution in [2.24, 2.45) is 11.8 Å². The fourth-order valence-electron chi connectivity index (χ4n) is 4.98. The van der Waals surface area contributed by atoms with Crippen LogP contribution in [0.25, 0.3) is 10.6 Å². The van der Waals surface area contributed by atoms with E-state index in [0.717, 1.165) is 74.9 Å². The molecule has 2 aliphatic heterocycles. The molecule has 0 radical (unpaired) electrons. The molecule has 4 heterocycles. The van der Waals surface area contributed by atoms with Crippen LogP contribution in [-0.2, 0) is 11.3 Å². The quantitative estimate of drug-likeness (QED) is 0.550. The van der Waals surface area contributed by atoms with Gasteiger partial charge in [-0.1, -0.05) is 35.9 Å². The number of likely N-dealkylation sites (tertiary alicyclic amines) is 1. The van der Waals surface area contributed by atoms with Gasteiger partial charge in [0, 0.05) is 38.6 Å². The first-order valence-electron chi connectivity index (χ1n) is 12.3. The molecule has 1 atom stereocenters. The molecule has 3 aromatic rings. The van der Waals surface area contributed by atoms with Gasteiger partial charge in [-0.25, -0.2) is 0 Å². The van der Waals surface area contributed by atoms with Crippen LogP contribution < -0.4 is 10.2 Å². The molecule has 0 aliphatic carbocycles. The molecule has 2 fully saturated rings. The van der Waals surface area contributed by atoms with Crippen LogP contribution in [0.4, 0.5) is 5.82 Å². The third kappa shape index (κ3) is 5.65. The van der Waals surface area contributed by atoms with Crippen molar-refractivity contribution in [3.05, 3.63) is 65.0 Å². The van der Waals surface area contributed by atoms with Crippen molar-refractivity contribution in [3.63, 3.8) is 0 Å². The summed E-state index contributed by atoms with van der Waals surface area (Å²) in [4.78, 5) is 18.7. The second-order valence-corrected chi connectivity index (χ2v) is 10.6. The normalized spacial score (nSPS) is 19.4. The molecule has 178 valence electrons. The average molecular weight is 476 g/mol. The Labute approximate surface area is 206 Å². The Balaban J connectivity index is 1.04. The number of hydrogen-bond acceptors (Lipinski definition) is 6.